The van der Waals surface area contributed by atoms with Crippen LogP contribution in [0, 0.1) is 0 Å². The summed E-state index contributed by atoms with van der Waals surface area (Å²) >= 11 is 0. The normalized spacial score (nSPS) is 11.4. The molecule has 0 aliphatic carbocycles. The van der Waals surface area contributed by atoms with Gasteiger partial charge in [-0.2, -0.15) is 5.10 Å². The van der Waals surface area contributed by atoms with Crippen molar-refractivity contribution in [1.29, 1.82) is 0 Å². The summed E-state index contributed by atoms with van der Waals surface area (Å²) in [6.07, 6.45) is 9.03. The van der Waals surface area contributed by atoms with Gasteiger partial charge in [0, 0.05) is 54.4 Å². The number of nitrogens with zero attached hydrogens (tertiary/aromatic N) is 6. The predicted molar refractivity (Wildman–Crippen MR) is 150 cm³/mol. The minimum Gasteiger partial charge on any atom is -0.335 e. The second kappa shape index (κ2) is 9.88. The van der Waals surface area contributed by atoms with Crippen LogP contribution in [0.3, 0.4) is 0 Å². The average molecular weight is 510 g/mol. The van der Waals surface area contributed by atoms with Gasteiger partial charge in [-0.3, -0.25) is 20.1 Å². The van der Waals surface area contributed by atoms with Crippen molar-refractivity contribution in [3.63, 3.8) is 0 Å². The molecular weight excluding hydrogens is 486 g/mol. The molecule has 0 aliphatic heterocycles. The number of rotatable bonds is 7. The fraction of sp³-hybridized carbons (Fsp3) is 0.0667. The van der Waals surface area contributed by atoms with Crippen LogP contribution in [0.4, 0.5) is 0 Å². The highest BCUT2D eigenvalue weighted by Crippen LogP contribution is 2.31. The third-order valence-corrected chi connectivity index (χ3v) is 6.60. The van der Waals surface area contributed by atoms with Gasteiger partial charge in [0.15, 0.2) is 11.5 Å². The zero-order chi connectivity index (χ0) is 26.0. The van der Waals surface area contributed by atoms with Crippen molar-refractivity contribution in [1.82, 2.24) is 45.4 Å². The Balaban J connectivity index is 1.20. The molecule has 0 unspecified atom stereocenters. The smallest absolute Gasteiger partial charge is 0.178 e. The molecule has 1 aromatic carbocycles. The highest BCUT2D eigenvalue weighted by atomic mass is 15.1. The number of imidazole rings is 1. The molecule has 7 aromatic rings. The number of pyridine rings is 4. The number of benzene rings is 1. The number of nitrogens with one attached hydrogen (secondary N) is 3. The molecule has 9 nitrogen and oxygen atoms in total. The lowest BCUT2D eigenvalue weighted by Gasteiger charge is -2.07. The molecule has 188 valence electrons. The summed E-state index contributed by atoms with van der Waals surface area (Å²) < 4.78 is 0. The fourth-order valence-electron chi connectivity index (χ4n) is 4.69. The molecule has 0 spiro atoms. The Labute approximate surface area is 223 Å². The Morgan fingerprint density at radius 2 is 1.64 bits per heavy atom. The summed E-state index contributed by atoms with van der Waals surface area (Å²) in [7, 11) is 0. The molecule has 39 heavy (non-hydrogen) atoms. The third kappa shape index (κ3) is 4.51. The van der Waals surface area contributed by atoms with Crippen LogP contribution in [0.1, 0.15) is 11.1 Å². The first kappa shape index (κ1) is 22.9. The van der Waals surface area contributed by atoms with Crippen molar-refractivity contribution in [3.8, 4) is 34.0 Å². The highest BCUT2D eigenvalue weighted by Gasteiger charge is 2.17. The van der Waals surface area contributed by atoms with Gasteiger partial charge in [-0.05, 0) is 41.5 Å². The first-order valence-corrected chi connectivity index (χ1v) is 12.6. The molecule has 7 rings (SSSR count). The van der Waals surface area contributed by atoms with Gasteiger partial charge in [0.1, 0.15) is 5.69 Å². The quantitative estimate of drug-likeness (QED) is 0.266. The Kier molecular flexibility index (Phi) is 5.80. The standard InChI is InChI=1S/C30H23N9/c1-2-6-19(7-3-1)14-31-15-20-12-21(17-32-16-20)25-13-23-26(18-35-25)38-39-28(23)30-36-27-22(9-11-34-29(27)37-30)24-8-4-5-10-33-24/h1-13,16-18,31H,14-15H2,(H,38,39)(H,34,36,37). The number of aromatic nitrogens is 8. The maximum atomic E-state index is 4.75. The van der Waals surface area contributed by atoms with Gasteiger partial charge in [-0.15, -0.1) is 0 Å². The molecule has 0 atom stereocenters. The van der Waals surface area contributed by atoms with Gasteiger partial charge >= 0.3 is 0 Å². The van der Waals surface area contributed by atoms with Crippen LogP contribution in [0.25, 0.3) is 56.1 Å². The molecular formula is C30H23N9. The molecule has 9 heteroatoms. The summed E-state index contributed by atoms with van der Waals surface area (Å²) in [5.74, 6) is 0.626. The van der Waals surface area contributed by atoms with E-state index in [0.29, 0.717) is 23.7 Å². The molecule has 0 saturated heterocycles. The maximum Gasteiger partial charge on any atom is 0.178 e. The minimum atomic E-state index is 0.610. The molecule has 0 saturated carbocycles. The lowest BCUT2D eigenvalue weighted by molar-refractivity contribution is 0.691. The Morgan fingerprint density at radius 1 is 0.744 bits per heavy atom. The van der Waals surface area contributed by atoms with E-state index in [1.54, 1.807) is 18.6 Å². The number of fused-ring (bicyclic) bond motifs is 2. The molecule has 0 fully saturated rings. The van der Waals surface area contributed by atoms with Gasteiger partial charge in [-0.25, -0.2) is 9.97 Å². The van der Waals surface area contributed by atoms with Crippen LogP contribution in [0.2, 0.25) is 0 Å². The first-order chi connectivity index (χ1) is 19.3. The van der Waals surface area contributed by atoms with E-state index in [-0.39, 0.29) is 0 Å². The molecule has 0 aliphatic rings. The second-order valence-electron chi connectivity index (χ2n) is 9.22. The van der Waals surface area contributed by atoms with Crippen LogP contribution in [-0.4, -0.2) is 40.1 Å². The van der Waals surface area contributed by atoms with E-state index in [1.165, 1.54) is 5.56 Å². The van der Waals surface area contributed by atoms with Crippen LogP contribution in [0.15, 0.2) is 97.7 Å². The van der Waals surface area contributed by atoms with Crippen LogP contribution < -0.4 is 5.32 Å². The van der Waals surface area contributed by atoms with Crippen molar-refractivity contribution < 1.29 is 0 Å². The Bertz CT molecular complexity index is 1890. The average Bonchev–Trinajstić information content (AvgIpc) is 3.62. The molecule has 6 heterocycles. The monoisotopic (exact) mass is 509 g/mol. The SMILES string of the molecule is c1ccc(CNCc2cncc(-c3cc4c(-c5nc6nccc(-c7ccccn7)c6[nH]5)n[nH]c4cn3)c2)cc1. The maximum absolute atomic E-state index is 4.75. The van der Waals surface area contributed by atoms with Crippen LogP contribution >= 0.6 is 0 Å². The van der Waals surface area contributed by atoms with E-state index in [0.717, 1.165) is 51.0 Å². The Hall–Kier alpha value is -5.28. The van der Waals surface area contributed by atoms with E-state index in [1.807, 2.05) is 60.9 Å². The van der Waals surface area contributed by atoms with Crippen molar-refractivity contribution in [3.05, 3.63) is 109 Å². The summed E-state index contributed by atoms with van der Waals surface area (Å²) in [6, 6.07) is 22.2. The minimum absolute atomic E-state index is 0.610. The van der Waals surface area contributed by atoms with Crippen molar-refractivity contribution in [2.45, 2.75) is 13.1 Å². The zero-order valence-electron chi connectivity index (χ0n) is 20.8. The van der Waals surface area contributed by atoms with Crippen molar-refractivity contribution >= 4 is 22.1 Å². The van der Waals surface area contributed by atoms with Crippen molar-refractivity contribution in [2.24, 2.45) is 0 Å². The number of aromatic amines is 2. The van der Waals surface area contributed by atoms with Gasteiger partial charge in [0.05, 0.1) is 28.6 Å². The fourth-order valence-corrected chi connectivity index (χ4v) is 4.69. The molecule has 6 aromatic heterocycles. The van der Waals surface area contributed by atoms with E-state index < -0.39 is 0 Å². The first-order valence-electron chi connectivity index (χ1n) is 12.6. The van der Waals surface area contributed by atoms with Crippen LogP contribution in [-0.2, 0) is 13.1 Å². The Morgan fingerprint density at radius 3 is 2.54 bits per heavy atom. The molecule has 3 N–H and O–H groups in total. The lowest BCUT2D eigenvalue weighted by Crippen LogP contribution is -2.12. The van der Waals surface area contributed by atoms with E-state index >= 15 is 0 Å². The van der Waals surface area contributed by atoms with Gasteiger partial charge in [0.2, 0.25) is 0 Å². The number of hydrogen-bond donors (Lipinski definition) is 3. The van der Waals surface area contributed by atoms with Crippen molar-refractivity contribution in [2.75, 3.05) is 0 Å². The zero-order valence-corrected chi connectivity index (χ0v) is 20.8. The topological polar surface area (TPSA) is 121 Å². The highest BCUT2D eigenvalue weighted by molar-refractivity contribution is 5.96. The molecule has 0 radical (unpaired) electrons. The third-order valence-electron chi connectivity index (χ3n) is 6.60. The summed E-state index contributed by atoms with van der Waals surface area (Å²) in [5.41, 5.74) is 8.81. The van der Waals surface area contributed by atoms with E-state index in [9.17, 15) is 0 Å². The van der Waals surface area contributed by atoms with Gasteiger partial charge in [-0.1, -0.05) is 36.4 Å². The van der Waals surface area contributed by atoms with Gasteiger partial charge < -0.3 is 10.3 Å². The van der Waals surface area contributed by atoms with Crippen LogP contribution in [0.5, 0.6) is 0 Å². The van der Waals surface area contributed by atoms with E-state index in [2.05, 4.69) is 58.6 Å². The number of H-pyrrole nitrogens is 2. The summed E-state index contributed by atoms with van der Waals surface area (Å²) in [5, 5.41) is 12.0. The summed E-state index contributed by atoms with van der Waals surface area (Å²) in [6.45, 7) is 1.50. The summed E-state index contributed by atoms with van der Waals surface area (Å²) in [4.78, 5) is 26.3. The lowest BCUT2D eigenvalue weighted by atomic mass is 10.1. The van der Waals surface area contributed by atoms with E-state index in [4.69, 9.17) is 4.98 Å². The predicted octanol–water partition coefficient (Wildman–Crippen LogP) is 5.31. The molecule has 0 amide bonds. The second-order valence-corrected chi connectivity index (χ2v) is 9.22. The van der Waals surface area contributed by atoms with Gasteiger partial charge in [0.25, 0.3) is 0 Å². The largest absolute Gasteiger partial charge is 0.335 e. The molecule has 0 bridgehead atoms. The number of hydrogen-bond acceptors (Lipinski definition) is 7.